The molecule has 5 heteroatoms. The molecule has 1 aromatic heterocycles. The van der Waals surface area contributed by atoms with Gasteiger partial charge in [0.2, 0.25) is 5.75 Å². The lowest BCUT2D eigenvalue weighted by atomic mass is 10.2. The molecule has 21 heavy (non-hydrogen) atoms. The first-order valence-electron chi connectivity index (χ1n) is 6.52. The second-order valence-corrected chi connectivity index (χ2v) is 5.18. The van der Waals surface area contributed by atoms with E-state index in [1.54, 1.807) is 20.4 Å². The zero-order valence-corrected chi connectivity index (χ0v) is 13.9. The van der Waals surface area contributed by atoms with E-state index in [9.17, 15) is 0 Å². The highest BCUT2D eigenvalue weighted by Crippen LogP contribution is 2.39. The molecule has 0 N–H and O–H groups in total. The minimum Gasteiger partial charge on any atom is -0.493 e. The van der Waals surface area contributed by atoms with Crippen molar-refractivity contribution in [1.82, 2.24) is 4.98 Å². The molecule has 0 saturated heterocycles. The van der Waals surface area contributed by atoms with E-state index < -0.39 is 0 Å². The number of aryl methyl sites for hydroxylation is 1. The van der Waals surface area contributed by atoms with Gasteiger partial charge in [0.05, 0.1) is 14.2 Å². The van der Waals surface area contributed by atoms with Crippen molar-refractivity contribution in [3.63, 3.8) is 0 Å². The van der Waals surface area contributed by atoms with Gasteiger partial charge < -0.3 is 14.2 Å². The average Bonchev–Trinajstić information content (AvgIpc) is 2.52. The van der Waals surface area contributed by atoms with Crippen molar-refractivity contribution < 1.29 is 14.2 Å². The molecule has 2 aromatic rings. The van der Waals surface area contributed by atoms with Crippen molar-refractivity contribution in [3.05, 3.63) is 47.3 Å². The molecule has 0 saturated carbocycles. The van der Waals surface area contributed by atoms with Crippen LogP contribution in [0.15, 0.2) is 30.6 Å². The maximum absolute atomic E-state index is 5.89. The normalized spacial score (nSPS) is 10.3. The number of alkyl halides is 1. The van der Waals surface area contributed by atoms with Crippen molar-refractivity contribution in [1.29, 1.82) is 0 Å². The van der Waals surface area contributed by atoms with Gasteiger partial charge in [-0.3, -0.25) is 4.98 Å². The van der Waals surface area contributed by atoms with Crippen LogP contribution in [0, 0.1) is 6.92 Å². The maximum atomic E-state index is 5.89. The molecule has 0 atom stereocenters. The fourth-order valence-electron chi connectivity index (χ4n) is 2.01. The van der Waals surface area contributed by atoms with E-state index in [-0.39, 0.29) is 0 Å². The van der Waals surface area contributed by atoms with Crippen LogP contribution in [0.3, 0.4) is 0 Å². The number of rotatable bonds is 6. The summed E-state index contributed by atoms with van der Waals surface area (Å²) in [7, 11) is 3.24. The van der Waals surface area contributed by atoms with Crippen LogP contribution < -0.4 is 14.2 Å². The molecule has 0 unspecified atom stereocenters. The molecule has 0 amide bonds. The highest BCUT2D eigenvalue weighted by Gasteiger charge is 2.14. The van der Waals surface area contributed by atoms with E-state index in [0.29, 0.717) is 23.9 Å². The highest BCUT2D eigenvalue weighted by molar-refractivity contribution is 9.08. The Bertz CT molecular complexity index is 591. The first-order valence-corrected chi connectivity index (χ1v) is 7.64. The Balaban J connectivity index is 2.26. The summed E-state index contributed by atoms with van der Waals surface area (Å²) in [5, 5.41) is 0.724. The summed E-state index contributed by atoms with van der Waals surface area (Å²) < 4.78 is 16.7. The van der Waals surface area contributed by atoms with Crippen molar-refractivity contribution in [2.45, 2.75) is 18.9 Å². The van der Waals surface area contributed by atoms with E-state index in [1.807, 2.05) is 31.3 Å². The zero-order chi connectivity index (χ0) is 15.2. The summed E-state index contributed by atoms with van der Waals surface area (Å²) >= 11 is 3.43. The molecular formula is C16H18BrNO3. The number of ether oxygens (including phenoxy) is 3. The fourth-order valence-corrected chi connectivity index (χ4v) is 2.33. The van der Waals surface area contributed by atoms with Gasteiger partial charge in [-0.1, -0.05) is 15.9 Å². The van der Waals surface area contributed by atoms with Gasteiger partial charge in [0.15, 0.2) is 11.5 Å². The Morgan fingerprint density at radius 1 is 1.00 bits per heavy atom. The van der Waals surface area contributed by atoms with Gasteiger partial charge in [0.25, 0.3) is 0 Å². The lowest BCUT2D eigenvalue weighted by Gasteiger charge is -2.15. The van der Waals surface area contributed by atoms with Crippen LogP contribution in [0.2, 0.25) is 0 Å². The number of methoxy groups -OCH3 is 2. The summed E-state index contributed by atoms with van der Waals surface area (Å²) in [5.74, 6) is 1.92. The number of hydrogen-bond donors (Lipinski definition) is 0. The lowest BCUT2D eigenvalue weighted by molar-refractivity contribution is 0.265. The van der Waals surface area contributed by atoms with Gasteiger partial charge in [-0.15, -0.1) is 0 Å². The van der Waals surface area contributed by atoms with Crippen molar-refractivity contribution >= 4 is 15.9 Å². The summed E-state index contributed by atoms with van der Waals surface area (Å²) in [6.45, 7) is 2.41. The van der Waals surface area contributed by atoms with E-state index in [4.69, 9.17) is 14.2 Å². The third-order valence-corrected chi connectivity index (χ3v) is 3.64. The second kappa shape index (κ2) is 7.31. The molecule has 0 spiro atoms. The number of aromatic nitrogens is 1. The van der Waals surface area contributed by atoms with Crippen molar-refractivity contribution in [3.8, 4) is 17.2 Å². The largest absolute Gasteiger partial charge is 0.493 e. The predicted molar refractivity (Wildman–Crippen MR) is 85.5 cm³/mol. The van der Waals surface area contributed by atoms with Gasteiger partial charge in [0.1, 0.15) is 6.61 Å². The standard InChI is InChI=1S/C16H18BrNO3/c1-11-4-13(9-18-8-11)10-21-16-14(19-2)5-12(7-17)6-15(16)20-3/h4-6,8-9H,7,10H2,1-3H3. The summed E-state index contributed by atoms with van der Waals surface area (Å²) in [6, 6.07) is 5.90. The summed E-state index contributed by atoms with van der Waals surface area (Å²) in [4.78, 5) is 4.16. The average molecular weight is 352 g/mol. The smallest absolute Gasteiger partial charge is 0.203 e. The first-order chi connectivity index (χ1) is 10.2. The number of halogens is 1. The van der Waals surface area contributed by atoms with Gasteiger partial charge in [-0.25, -0.2) is 0 Å². The van der Waals surface area contributed by atoms with E-state index in [2.05, 4.69) is 20.9 Å². The van der Waals surface area contributed by atoms with Crippen molar-refractivity contribution in [2.75, 3.05) is 14.2 Å². The molecule has 112 valence electrons. The Labute approximate surface area is 133 Å². The number of hydrogen-bond acceptors (Lipinski definition) is 4. The molecule has 0 aliphatic carbocycles. The van der Waals surface area contributed by atoms with Gasteiger partial charge >= 0.3 is 0 Å². The van der Waals surface area contributed by atoms with Gasteiger partial charge in [-0.2, -0.15) is 0 Å². The van der Waals surface area contributed by atoms with Crippen LogP contribution in [-0.4, -0.2) is 19.2 Å². The minimum absolute atomic E-state index is 0.412. The Morgan fingerprint density at radius 3 is 2.19 bits per heavy atom. The SMILES string of the molecule is COc1cc(CBr)cc(OC)c1OCc1cncc(C)c1. The predicted octanol–water partition coefficient (Wildman–Crippen LogP) is 3.88. The summed E-state index contributed by atoms with van der Waals surface area (Å²) in [5.41, 5.74) is 3.17. The molecular weight excluding hydrogens is 334 g/mol. The van der Waals surface area contributed by atoms with Crippen LogP contribution >= 0.6 is 15.9 Å². The quantitative estimate of drug-likeness (QED) is 0.740. The fraction of sp³-hybridized carbons (Fsp3) is 0.312. The van der Waals surface area contributed by atoms with Crippen LogP contribution in [0.5, 0.6) is 17.2 Å². The Kier molecular flexibility index (Phi) is 5.44. The molecule has 1 aromatic carbocycles. The second-order valence-electron chi connectivity index (χ2n) is 4.62. The zero-order valence-electron chi connectivity index (χ0n) is 12.4. The molecule has 0 bridgehead atoms. The van der Waals surface area contributed by atoms with Crippen LogP contribution in [-0.2, 0) is 11.9 Å². The third kappa shape index (κ3) is 3.88. The number of pyridine rings is 1. The number of benzene rings is 1. The molecule has 0 fully saturated rings. The van der Waals surface area contributed by atoms with Gasteiger partial charge in [-0.05, 0) is 36.2 Å². The first kappa shape index (κ1) is 15.6. The van der Waals surface area contributed by atoms with E-state index >= 15 is 0 Å². The summed E-state index contributed by atoms with van der Waals surface area (Å²) in [6.07, 6.45) is 3.61. The van der Waals surface area contributed by atoms with Crippen LogP contribution in [0.1, 0.15) is 16.7 Å². The molecule has 0 aliphatic rings. The van der Waals surface area contributed by atoms with Crippen LogP contribution in [0.4, 0.5) is 0 Å². The molecule has 1 heterocycles. The topological polar surface area (TPSA) is 40.6 Å². The monoisotopic (exact) mass is 351 g/mol. The molecule has 4 nitrogen and oxygen atoms in total. The highest BCUT2D eigenvalue weighted by atomic mass is 79.9. The molecule has 0 aliphatic heterocycles. The third-order valence-electron chi connectivity index (χ3n) is 2.99. The lowest BCUT2D eigenvalue weighted by Crippen LogP contribution is -2.01. The van der Waals surface area contributed by atoms with E-state index in [1.165, 1.54) is 0 Å². The van der Waals surface area contributed by atoms with E-state index in [0.717, 1.165) is 22.0 Å². The Morgan fingerprint density at radius 2 is 1.67 bits per heavy atom. The maximum Gasteiger partial charge on any atom is 0.203 e. The van der Waals surface area contributed by atoms with Crippen molar-refractivity contribution in [2.24, 2.45) is 0 Å². The molecule has 2 rings (SSSR count). The minimum atomic E-state index is 0.412. The molecule has 0 radical (unpaired) electrons. The van der Waals surface area contributed by atoms with Gasteiger partial charge in [0, 0.05) is 23.3 Å². The Hall–Kier alpha value is -1.75. The van der Waals surface area contributed by atoms with Crippen LogP contribution in [0.25, 0.3) is 0 Å². The number of nitrogens with zero attached hydrogens (tertiary/aromatic N) is 1.